The second-order valence-electron chi connectivity index (χ2n) is 8.97. The van der Waals surface area contributed by atoms with Gasteiger partial charge in [-0.3, -0.25) is 14.4 Å². The zero-order valence-electron chi connectivity index (χ0n) is 21.3. The van der Waals surface area contributed by atoms with E-state index >= 15 is 0 Å². The number of hydrogen-bond acceptors (Lipinski definition) is 5. The number of nitrogens with zero attached hydrogens (tertiary/aromatic N) is 1. The van der Waals surface area contributed by atoms with Gasteiger partial charge in [0.1, 0.15) is 0 Å². The standard InChI is InChI=1S/C29H37N3O3S/c1-3-15-32(16-4-2)29(35)24-13-8-12-23(19-24)28(34)31-26(18-22-10-6-5-7-11-22)27(33)21-30-20-25-14-9-17-36-25/h5-8,10-14,19,26,30H,3-4,9,15-18,20-21H2,1-2H3,(H,31,34)/t26-/m0/s1. The van der Waals surface area contributed by atoms with Crippen LogP contribution in [-0.2, 0) is 11.2 Å². The number of rotatable bonds is 14. The molecule has 2 aromatic carbocycles. The first kappa shape index (κ1) is 27.7. The molecule has 2 aromatic rings. The van der Waals surface area contributed by atoms with Crippen LogP contribution in [0.2, 0.25) is 0 Å². The van der Waals surface area contributed by atoms with Crippen molar-refractivity contribution in [2.75, 3.05) is 31.9 Å². The molecule has 0 unspecified atom stereocenters. The summed E-state index contributed by atoms with van der Waals surface area (Å²) >= 11 is 1.81. The Kier molecular flexibility index (Phi) is 11.2. The molecule has 0 aliphatic carbocycles. The van der Waals surface area contributed by atoms with Gasteiger partial charge in [0.05, 0.1) is 12.6 Å². The molecule has 0 radical (unpaired) electrons. The highest BCUT2D eigenvalue weighted by atomic mass is 32.2. The molecule has 1 aliphatic heterocycles. The largest absolute Gasteiger partial charge is 0.342 e. The van der Waals surface area contributed by atoms with Crippen molar-refractivity contribution in [1.29, 1.82) is 0 Å². The normalized spacial score (nSPS) is 13.7. The maximum Gasteiger partial charge on any atom is 0.253 e. The third kappa shape index (κ3) is 8.35. The van der Waals surface area contributed by atoms with E-state index in [2.05, 4.69) is 16.7 Å². The van der Waals surface area contributed by atoms with E-state index in [9.17, 15) is 14.4 Å². The Labute approximate surface area is 218 Å². The SMILES string of the molecule is CCCN(CCC)C(=O)c1cccc(C(=O)N[C@@H](Cc2ccccc2)C(=O)CNCC2=CCCS2)c1. The lowest BCUT2D eigenvalue weighted by Crippen LogP contribution is -2.46. The molecule has 0 aromatic heterocycles. The molecule has 7 heteroatoms. The molecule has 36 heavy (non-hydrogen) atoms. The molecule has 192 valence electrons. The molecule has 0 spiro atoms. The number of carbonyl (C=O) groups excluding carboxylic acids is 3. The van der Waals surface area contributed by atoms with Crippen LogP contribution < -0.4 is 10.6 Å². The van der Waals surface area contributed by atoms with Gasteiger partial charge in [-0.1, -0.05) is 56.3 Å². The molecule has 1 atom stereocenters. The van der Waals surface area contributed by atoms with Crippen LogP contribution in [0.1, 0.15) is 59.4 Å². The maximum absolute atomic E-state index is 13.2. The number of Topliss-reactive ketones (excluding diaryl/α,β-unsaturated/α-hetero) is 1. The number of ketones is 1. The van der Waals surface area contributed by atoms with Gasteiger partial charge in [-0.05, 0) is 54.4 Å². The van der Waals surface area contributed by atoms with Gasteiger partial charge in [0.15, 0.2) is 5.78 Å². The molecule has 3 rings (SSSR count). The van der Waals surface area contributed by atoms with Crippen molar-refractivity contribution in [1.82, 2.24) is 15.5 Å². The third-order valence-corrected chi connectivity index (χ3v) is 7.12. The minimum atomic E-state index is -0.673. The first-order valence-corrected chi connectivity index (χ1v) is 13.8. The predicted octanol–water partition coefficient (Wildman–Crippen LogP) is 4.47. The fourth-order valence-corrected chi connectivity index (χ4v) is 5.13. The Morgan fingerprint density at radius 1 is 0.972 bits per heavy atom. The molecule has 0 saturated heterocycles. The molecule has 1 heterocycles. The molecule has 0 bridgehead atoms. The minimum absolute atomic E-state index is 0.0694. The molecular formula is C29H37N3O3S. The predicted molar refractivity (Wildman–Crippen MR) is 147 cm³/mol. The van der Waals surface area contributed by atoms with E-state index in [1.165, 1.54) is 4.91 Å². The molecule has 6 nitrogen and oxygen atoms in total. The van der Waals surface area contributed by atoms with Crippen LogP contribution in [0.4, 0.5) is 0 Å². The molecular weight excluding hydrogens is 470 g/mol. The van der Waals surface area contributed by atoms with Gasteiger partial charge in [-0.25, -0.2) is 0 Å². The summed E-state index contributed by atoms with van der Waals surface area (Å²) in [5, 5.41) is 6.16. The molecule has 0 fully saturated rings. The summed E-state index contributed by atoms with van der Waals surface area (Å²) in [4.78, 5) is 42.4. The fraction of sp³-hybridized carbons (Fsp3) is 0.414. The Hall–Kier alpha value is -2.90. The van der Waals surface area contributed by atoms with Gasteiger partial charge in [0, 0.05) is 36.5 Å². The van der Waals surface area contributed by atoms with Crippen LogP contribution in [0, 0.1) is 0 Å². The summed E-state index contributed by atoms with van der Waals surface area (Å²) in [5.74, 6) is 0.590. The summed E-state index contributed by atoms with van der Waals surface area (Å²) in [6, 6.07) is 15.8. The quantitative estimate of drug-likeness (QED) is 0.395. The lowest BCUT2D eigenvalue weighted by Gasteiger charge is -2.22. The lowest BCUT2D eigenvalue weighted by molar-refractivity contribution is -0.120. The smallest absolute Gasteiger partial charge is 0.253 e. The number of benzene rings is 2. The molecule has 0 saturated carbocycles. The highest BCUT2D eigenvalue weighted by Crippen LogP contribution is 2.23. The van der Waals surface area contributed by atoms with E-state index in [1.54, 1.807) is 24.3 Å². The maximum atomic E-state index is 13.2. The van der Waals surface area contributed by atoms with Crippen LogP contribution >= 0.6 is 11.8 Å². The first-order valence-electron chi connectivity index (χ1n) is 12.8. The van der Waals surface area contributed by atoms with Crippen molar-refractivity contribution in [2.45, 2.75) is 45.6 Å². The minimum Gasteiger partial charge on any atom is -0.342 e. The number of amides is 2. The van der Waals surface area contributed by atoms with Crippen LogP contribution in [0.15, 0.2) is 65.6 Å². The highest BCUT2D eigenvalue weighted by molar-refractivity contribution is 8.03. The average molecular weight is 508 g/mol. The van der Waals surface area contributed by atoms with Crippen LogP contribution in [0.5, 0.6) is 0 Å². The number of nitrogens with one attached hydrogen (secondary N) is 2. The summed E-state index contributed by atoms with van der Waals surface area (Å²) in [6.07, 6.45) is 5.42. The summed E-state index contributed by atoms with van der Waals surface area (Å²) in [7, 11) is 0. The second kappa shape index (κ2) is 14.6. The van der Waals surface area contributed by atoms with Crippen molar-refractivity contribution in [3.8, 4) is 0 Å². The van der Waals surface area contributed by atoms with E-state index in [4.69, 9.17) is 0 Å². The fourth-order valence-electron chi connectivity index (χ4n) is 4.19. The zero-order chi connectivity index (χ0) is 25.8. The number of thioether (sulfide) groups is 1. The van der Waals surface area contributed by atoms with Crippen LogP contribution in [0.3, 0.4) is 0 Å². The summed E-state index contributed by atoms with van der Waals surface area (Å²) in [5.41, 5.74) is 1.84. The Bertz CT molecular complexity index is 1050. The Balaban J connectivity index is 1.70. The third-order valence-electron chi connectivity index (χ3n) is 6.00. The average Bonchev–Trinajstić information content (AvgIpc) is 3.42. The van der Waals surface area contributed by atoms with E-state index < -0.39 is 6.04 Å². The number of allylic oxidation sites excluding steroid dienone is 1. The van der Waals surface area contributed by atoms with Gasteiger partial charge in [-0.2, -0.15) is 0 Å². The topological polar surface area (TPSA) is 78.5 Å². The summed E-state index contributed by atoms with van der Waals surface area (Å²) < 4.78 is 0. The monoisotopic (exact) mass is 507 g/mol. The lowest BCUT2D eigenvalue weighted by atomic mass is 10.0. The van der Waals surface area contributed by atoms with Crippen molar-refractivity contribution in [3.05, 3.63) is 82.3 Å². The van der Waals surface area contributed by atoms with E-state index in [0.717, 1.165) is 30.6 Å². The van der Waals surface area contributed by atoms with E-state index in [1.807, 2.05) is 60.8 Å². The van der Waals surface area contributed by atoms with Gasteiger partial charge < -0.3 is 15.5 Å². The highest BCUT2D eigenvalue weighted by Gasteiger charge is 2.23. The van der Waals surface area contributed by atoms with E-state index in [0.29, 0.717) is 37.2 Å². The first-order chi connectivity index (χ1) is 17.5. The van der Waals surface area contributed by atoms with Gasteiger partial charge in [0.2, 0.25) is 0 Å². The van der Waals surface area contributed by atoms with Crippen LogP contribution in [-0.4, -0.2) is 60.5 Å². The molecule has 2 N–H and O–H groups in total. The van der Waals surface area contributed by atoms with Crippen molar-refractivity contribution < 1.29 is 14.4 Å². The van der Waals surface area contributed by atoms with Crippen LogP contribution in [0.25, 0.3) is 0 Å². The Morgan fingerprint density at radius 2 is 1.69 bits per heavy atom. The number of hydrogen-bond donors (Lipinski definition) is 2. The van der Waals surface area contributed by atoms with Gasteiger partial charge in [0.25, 0.3) is 11.8 Å². The van der Waals surface area contributed by atoms with Crippen molar-refractivity contribution in [3.63, 3.8) is 0 Å². The zero-order valence-corrected chi connectivity index (χ0v) is 22.1. The molecule has 2 amide bonds. The van der Waals surface area contributed by atoms with Gasteiger partial charge in [-0.15, -0.1) is 11.8 Å². The second-order valence-corrected chi connectivity index (χ2v) is 10.2. The number of carbonyl (C=O) groups is 3. The molecule has 1 aliphatic rings. The van der Waals surface area contributed by atoms with Gasteiger partial charge >= 0.3 is 0 Å². The van der Waals surface area contributed by atoms with Crippen molar-refractivity contribution in [2.24, 2.45) is 0 Å². The summed E-state index contributed by atoms with van der Waals surface area (Å²) in [6.45, 7) is 6.29. The van der Waals surface area contributed by atoms with E-state index in [-0.39, 0.29) is 24.1 Å². The Morgan fingerprint density at radius 3 is 2.36 bits per heavy atom. The van der Waals surface area contributed by atoms with Crippen molar-refractivity contribution >= 4 is 29.4 Å².